The van der Waals surface area contributed by atoms with Crippen LogP contribution in [0.1, 0.15) is 29.8 Å². The smallest absolute Gasteiger partial charge is 0.343 e. The lowest BCUT2D eigenvalue weighted by Crippen LogP contribution is -2.10. The maximum Gasteiger partial charge on any atom is 0.343 e. The van der Waals surface area contributed by atoms with Gasteiger partial charge < -0.3 is 9.15 Å². The van der Waals surface area contributed by atoms with Crippen LogP contribution in [0.4, 0.5) is 4.39 Å². The third-order valence-electron chi connectivity index (χ3n) is 3.83. The summed E-state index contributed by atoms with van der Waals surface area (Å²) in [5.41, 5.74) is 1.66. The Balaban J connectivity index is 2.06. The first-order chi connectivity index (χ1) is 12.4. The van der Waals surface area contributed by atoms with Gasteiger partial charge in [-0.25, -0.2) is 14.0 Å². The van der Waals surface area contributed by atoms with Gasteiger partial charge in [0.25, 0.3) is 0 Å². The van der Waals surface area contributed by atoms with Crippen molar-refractivity contribution in [2.24, 2.45) is 0 Å². The average molecular weight is 352 g/mol. The number of hydrogen-bond acceptors (Lipinski definition) is 4. The summed E-state index contributed by atoms with van der Waals surface area (Å²) in [6.45, 7) is 3.89. The van der Waals surface area contributed by atoms with Gasteiger partial charge in [0.2, 0.25) is 0 Å². The van der Waals surface area contributed by atoms with E-state index in [2.05, 4.69) is 0 Å². The quantitative estimate of drug-likeness (QED) is 0.297. The number of rotatable bonds is 4. The second kappa shape index (κ2) is 7.35. The number of carbonyl (C=O) groups excluding carboxylic acids is 1. The highest BCUT2D eigenvalue weighted by molar-refractivity contribution is 5.92. The summed E-state index contributed by atoms with van der Waals surface area (Å²) in [4.78, 5) is 24.0. The van der Waals surface area contributed by atoms with E-state index in [1.165, 1.54) is 24.3 Å². The van der Waals surface area contributed by atoms with Crippen molar-refractivity contribution in [3.8, 4) is 5.75 Å². The van der Waals surface area contributed by atoms with Gasteiger partial charge in [0.15, 0.2) is 0 Å². The minimum absolute atomic E-state index is 0.104. The maximum atomic E-state index is 13.3. The molecule has 0 aliphatic heterocycles. The predicted octanol–water partition coefficient (Wildman–Crippen LogP) is 4.66. The zero-order valence-corrected chi connectivity index (χ0v) is 14.4. The van der Waals surface area contributed by atoms with Crippen molar-refractivity contribution in [3.05, 3.63) is 87.5 Å². The van der Waals surface area contributed by atoms with Crippen LogP contribution < -0.4 is 10.4 Å². The Kier molecular flexibility index (Phi) is 4.98. The summed E-state index contributed by atoms with van der Waals surface area (Å²) in [5.74, 6) is -0.923. The molecular formula is C21H17FO4. The summed E-state index contributed by atoms with van der Waals surface area (Å²) < 4.78 is 24.1. The molecule has 3 aromatic rings. The van der Waals surface area contributed by atoms with E-state index in [9.17, 15) is 14.0 Å². The average Bonchev–Trinajstić information content (AvgIpc) is 2.60. The Morgan fingerprint density at radius 3 is 2.65 bits per heavy atom. The van der Waals surface area contributed by atoms with Crippen LogP contribution >= 0.6 is 0 Å². The molecule has 0 radical (unpaired) electrons. The lowest BCUT2D eigenvalue weighted by atomic mass is 10.1. The number of halogens is 1. The number of fused-ring (bicyclic) bond motifs is 1. The first-order valence-corrected chi connectivity index (χ1v) is 8.11. The summed E-state index contributed by atoms with van der Waals surface area (Å²) in [7, 11) is 0. The molecule has 132 valence electrons. The number of esters is 1. The van der Waals surface area contributed by atoms with Gasteiger partial charge in [0.1, 0.15) is 17.1 Å². The molecule has 0 saturated carbocycles. The fourth-order valence-electron chi connectivity index (χ4n) is 2.54. The van der Waals surface area contributed by atoms with Crippen LogP contribution in [-0.2, 0) is 6.42 Å². The summed E-state index contributed by atoms with van der Waals surface area (Å²) in [6.07, 6.45) is 2.37. The van der Waals surface area contributed by atoms with Crippen LogP contribution in [0.5, 0.6) is 5.75 Å². The molecule has 0 fully saturated rings. The molecule has 2 aromatic carbocycles. The third-order valence-corrected chi connectivity index (χ3v) is 3.83. The number of allylic oxidation sites excluding steroid dienone is 2. The van der Waals surface area contributed by atoms with Crippen molar-refractivity contribution in [2.45, 2.75) is 20.3 Å². The van der Waals surface area contributed by atoms with Gasteiger partial charge in [-0.2, -0.15) is 0 Å². The van der Waals surface area contributed by atoms with Gasteiger partial charge in [-0.15, -0.1) is 0 Å². The molecule has 0 amide bonds. The zero-order chi connectivity index (χ0) is 18.7. The summed E-state index contributed by atoms with van der Waals surface area (Å²) >= 11 is 0. The molecule has 1 heterocycles. The molecule has 0 atom stereocenters. The fourth-order valence-corrected chi connectivity index (χ4v) is 2.54. The van der Waals surface area contributed by atoms with Crippen LogP contribution in [-0.4, -0.2) is 5.97 Å². The molecule has 5 heteroatoms. The van der Waals surface area contributed by atoms with E-state index < -0.39 is 17.4 Å². The molecule has 0 aliphatic carbocycles. The van der Waals surface area contributed by atoms with Gasteiger partial charge in [0, 0.05) is 17.0 Å². The van der Waals surface area contributed by atoms with Crippen LogP contribution in [0.25, 0.3) is 11.0 Å². The van der Waals surface area contributed by atoms with E-state index in [1.54, 1.807) is 18.2 Å². The van der Waals surface area contributed by atoms with Crippen molar-refractivity contribution < 1.29 is 18.3 Å². The van der Waals surface area contributed by atoms with Gasteiger partial charge in [0.05, 0.1) is 5.56 Å². The van der Waals surface area contributed by atoms with Crippen LogP contribution in [0.3, 0.4) is 0 Å². The van der Waals surface area contributed by atoms with Crippen LogP contribution in [0.15, 0.2) is 69.4 Å². The van der Waals surface area contributed by atoms with Gasteiger partial charge >= 0.3 is 11.6 Å². The first-order valence-electron chi connectivity index (χ1n) is 8.11. The van der Waals surface area contributed by atoms with Gasteiger partial charge in [-0.05, 0) is 56.7 Å². The molecule has 0 bridgehead atoms. The highest BCUT2D eigenvalue weighted by Gasteiger charge is 2.16. The molecule has 3 rings (SSSR count). The van der Waals surface area contributed by atoms with Gasteiger partial charge in [-0.3, -0.25) is 0 Å². The molecule has 0 saturated heterocycles. The second-order valence-electron chi connectivity index (χ2n) is 6.10. The van der Waals surface area contributed by atoms with E-state index in [4.69, 9.17) is 9.15 Å². The van der Waals surface area contributed by atoms with Gasteiger partial charge in [-0.1, -0.05) is 17.7 Å². The number of carbonyl (C=O) groups is 1. The number of ether oxygens (including phenoxy) is 1. The molecule has 1 aromatic heterocycles. The Bertz CT molecular complexity index is 1060. The van der Waals surface area contributed by atoms with Crippen molar-refractivity contribution in [2.75, 3.05) is 0 Å². The standard InChI is InChI=1S/C21H17FO4/c1-13(2)6-9-17-18(10-7-14-8-11-19(23)26-20(14)17)25-21(24)15-4-3-5-16(22)12-15/h3-8,10-12H,9H2,1-2H3. The van der Waals surface area contributed by atoms with Crippen molar-refractivity contribution in [1.82, 2.24) is 0 Å². The summed E-state index contributed by atoms with van der Waals surface area (Å²) in [5, 5.41) is 0.729. The van der Waals surface area contributed by atoms with Crippen molar-refractivity contribution in [3.63, 3.8) is 0 Å². The first kappa shape index (κ1) is 17.6. The fraction of sp³-hybridized carbons (Fsp3) is 0.143. The molecule has 0 aliphatic rings. The Morgan fingerprint density at radius 1 is 1.15 bits per heavy atom. The summed E-state index contributed by atoms with van der Waals surface area (Å²) in [6, 6.07) is 11.6. The molecule has 0 unspecified atom stereocenters. The molecule has 0 N–H and O–H groups in total. The Hall–Kier alpha value is -3.21. The normalized spacial score (nSPS) is 10.6. The van der Waals surface area contributed by atoms with E-state index in [0.29, 0.717) is 17.6 Å². The van der Waals surface area contributed by atoms with Crippen molar-refractivity contribution in [1.29, 1.82) is 0 Å². The molecule has 26 heavy (non-hydrogen) atoms. The molecular weight excluding hydrogens is 335 g/mol. The highest BCUT2D eigenvalue weighted by atomic mass is 19.1. The van der Waals surface area contributed by atoms with E-state index in [1.807, 2.05) is 19.9 Å². The van der Waals surface area contributed by atoms with E-state index >= 15 is 0 Å². The van der Waals surface area contributed by atoms with Crippen LogP contribution in [0.2, 0.25) is 0 Å². The van der Waals surface area contributed by atoms with Crippen molar-refractivity contribution >= 4 is 16.9 Å². The second-order valence-corrected chi connectivity index (χ2v) is 6.10. The monoisotopic (exact) mass is 352 g/mol. The van der Waals surface area contributed by atoms with Crippen LogP contribution in [0, 0.1) is 5.82 Å². The minimum atomic E-state index is -0.680. The molecule has 4 nitrogen and oxygen atoms in total. The minimum Gasteiger partial charge on any atom is -0.422 e. The maximum absolute atomic E-state index is 13.3. The number of benzene rings is 2. The highest BCUT2D eigenvalue weighted by Crippen LogP contribution is 2.29. The Labute approximate surface area is 149 Å². The predicted molar refractivity (Wildman–Crippen MR) is 97.0 cm³/mol. The number of hydrogen-bond donors (Lipinski definition) is 0. The lowest BCUT2D eigenvalue weighted by Gasteiger charge is -2.11. The third kappa shape index (κ3) is 3.88. The zero-order valence-electron chi connectivity index (χ0n) is 14.4. The Morgan fingerprint density at radius 2 is 1.92 bits per heavy atom. The van der Waals surface area contributed by atoms with E-state index in [0.717, 1.165) is 17.0 Å². The lowest BCUT2D eigenvalue weighted by molar-refractivity contribution is 0.0733. The SMILES string of the molecule is CC(C)=CCc1c(OC(=O)c2cccc(F)c2)ccc2ccc(=O)oc12. The molecule has 0 spiro atoms. The topological polar surface area (TPSA) is 56.5 Å². The van der Waals surface area contributed by atoms with E-state index in [-0.39, 0.29) is 11.3 Å². The largest absolute Gasteiger partial charge is 0.422 e.